The number of aliphatic hydroxyl groups is 1. The SMILES string of the molecule is O=C(O)Cc1ccc(OCCNC[C@@H](O)c2ccccc2)cc1. The number of carboxylic acids is 1. The van der Waals surface area contributed by atoms with E-state index in [1.165, 1.54) is 0 Å². The third kappa shape index (κ3) is 6.10. The normalized spacial score (nSPS) is 11.9. The van der Waals surface area contributed by atoms with E-state index >= 15 is 0 Å². The molecule has 0 aliphatic carbocycles. The number of nitrogens with one attached hydrogen (secondary N) is 1. The molecular formula is C18H21NO4. The van der Waals surface area contributed by atoms with E-state index in [1.54, 1.807) is 24.3 Å². The van der Waals surface area contributed by atoms with E-state index in [-0.39, 0.29) is 6.42 Å². The van der Waals surface area contributed by atoms with Crippen LogP contribution in [0.25, 0.3) is 0 Å². The van der Waals surface area contributed by atoms with Crippen LogP contribution in [0.3, 0.4) is 0 Å². The molecule has 1 atom stereocenters. The zero-order chi connectivity index (χ0) is 16.5. The lowest BCUT2D eigenvalue weighted by Gasteiger charge is -2.12. The van der Waals surface area contributed by atoms with Gasteiger partial charge in [-0.1, -0.05) is 42.5 Å². The molecule has 23 heavy (non-hydrogen) atoms. The van der Waals surface area contributed by atoms with Crippen LogP contribution < -0.4 is 10.1 Å². The Morgan fingerprint density at radius 3 is 2.43 bits per heavy atom. The van der Waals surface area contributed by atoms with Crippen LogP contribution in [0.15, 0.2) is 54.6 Å². The van der Waals surface area contributed by atoms with Crippen molar-refractivity contribution in [1.29, 1.82) is 0 Å². The minimum Gasteiger partial charge on any atom is -0.492 e. The second kappa shape index (κ2) is 8.92. The summed E-state index contributed by atoms with van der Waals surface area (Å²) in [6, 6.07) is 16.5. The molecule has 2 aromatic carbocycles. The van der Waals surface area contributed by atoms with Crippen LogP contribution in [0.2, 0.25) is 0 Å². The summed E-state index contributed by atoms with van der Waals surface area (Å²) in [5.74, 6) is -0.149. The van der Waals surface area contributed by atoms with E-state index in [2.05, 4.69) is 5.32 Å². The van der Waals surface area contributed by atoms with Crippen LogP contribution in [0.4, 0.5) is 0 Å². The summed E-state index contributed by atoms with van der Waals surface area (Å²) in [4.78, 5) is 10.6. The van der Waals surface area contributed by atoms with Crippen molar-refractivity contribution in [3.8, 4) is 5.75 Å². The van der Waals surface area contributed by atoms with Gasteiger partial charge in [0.25, 0.3) is 0 Å². The Labute approximate surface area is 135 Å². The van der Waals surface area contributed by atoms with Gasteiger partial charge in [0, 0.05) is 13.1 Å². The van der Waals surface area contributed by atoms with Gasteiger partial charge in [-0.25, -0.2) is 0 Å². The van der Waals surface area contributed by atoms with E-state index in [9.17, 15) is 9.90 Å². The molecule has 0 unspecified atom stereocenters. The molecule has 5 heteroatoms. The first-order chi connectivity index (χ1) is 11.1. The van der Waals surface area contributed by atoms with Crippen LogP contribution in [0.5, 0.6) is 5.75 Å². The van der Waals surface area contributed by atoms with Crippen molar-refractivity contribution in [3.05, 3.63) is 65.7 Å². The summed E-state index contributed by atoms with van der Waals surface area (Å²) in [6.45, 7) is 1.55. The number of hydrogen-bond donors (Lipinski definition) is 3. The smallest absolute Gasteiger partial charge is 0.307 e. The summed E-state index contributed by atoms with van der Waals surface area (Å²) in [5, 5.41) is 21.8. The molecule has 0 aromatic heterocycles. The van der Waals surface area contributed by atoms with Gasteiger partial charge in [0.2, 0.25) is 0 Å². The fraction of sp³-hybridized carbons (Fsp3) is 0.278. The van der Waals surface area contributed by atoms with Crippen molar-refractivity contribution in [2.75, 3.05) is 19.7 Å². The fourth-order valence-corrected chi connectivity index (χ4v) is 2.15. The van der Waals surface area contributed by atoms with E-state index in [0.717, 1.165) is 11.1 Å². The van der Waals surface area contributed by atoms with Crippen molar-refractivity contribution in [2.24, 2.45) is 0 Å². The van der Waals surface area contributed by atoms with Crippen molar-refractivity contribution >= 4 is 5.97 Å². The van der Waals surface area contributed by atoms with E-state index in [0.29, 0.717) is 25.4 Å². The van der Waals surface area contributed by atoms with E-state index < -0.39 is 12.1 Å². The van der Waals surface area contributed by atoms with Crippen LogP contribution in [-0.4, -0.2) is 35.9 Å². The molecule has 0 heterocycles. The molecule has 0 radical (unpaired) electrons. The molecule has 0 saturated heterocycles. The average molecular weight is 315 g/mol. The quantitative estimate of drug-likeness (QED) is 0.617. The summed E-state index contributed by atoms with van der Waals surface area (Å²) >= 11 is 0. The largest absolute Gasteiger partial charge is 0.492 e. The van der Waals surface area contributed by atoms with Crippen LogP contribution in [0.1, 0.15) is 17.2 Å². The molecule has 0 spiro atoms. The Kier molecular flexibility index (Phi) is 6.59. The number of carbonyl (C=O) groups is 1. The van der Waals surface area contributed by atoms with Crippen molar-refractivity contribution in [1.82, 2.24) is 5.32 Å². The van der Waals surface area contributed by atoms with Crippen LogP contribution >= 0.6 is 0 Å². The molecule has 5 nitrogen and oxygen atoms in total. The van der Waals surface area contributed by atoms with Crippen molar-refractivity contribution in [2.45, 2.75) is 12.5 Å². The number of benzene rings is 2. The second-order valence-corrected chi connectivity index (χ2v) is 5.19. The molecule has 0 fully saturated rings. The van der Waals surface area contributed by atoms with Gasteiger partial charge in [-0.2, -0.15) is 0 Å². The number of aliphatic hydroxyl groups excluding tert-OH is 1. The number of ether oxygens (including phenoxy) is 1. The lowest BCUT2D eigenvalue weighted by molar-refractivity contribution is -0.136. The van der Waals surface area contributed by atoms with Crippen LogP contribution in [-0.2, 0) is 11.2 Å². The second-order valence-electron chi connectivity index (χ2n) is 5.19. The topological polar surface area (TPSA) is 78.8 Å². The maximum Gasteiger partial charge on any atom is 0.307 e. The standard InChI is InChI=1S/C18H21NO4/c20-17(15-4-2-1-3-5-15)13-19-10-11-23-16-8-6-14(7-9-16)12-18(21)22/h1-9,17,19-20H,10-13H2,(H,21,22)/t17-/m1/s1. The number of rotatable bonds is 9. The molecule has 122 valence electrons. The third-order valence-electron chi connectivity index (χ3n) is 3.35. The maximum atomic E-state index is 10.6. The number of hydrogen-bond acceptors (Lipinski definition) is 4. The number of carboxylic acid groups (broad SMARTS) is 1. The first kappa shape index (κ1) is 17.0. The Hall–Kier alpha value is -2.37. The average Bonchev–Trinajstić information content (AvgIpc) is 2.56. The highest BCUT2D eigenvalue weighted by atomic mass is 16.5. The minimum absolute atomic E-state index is 0.0131. The summed E-state index contributed by atoms with van der Waals surface area (Å²) < 4.78 is 5.56. The van der Waals surface area contributed by atoms with Gasteiger partial charge >= 0.3 is 5.97 Å². The predicted molar refractivity (Wildman–Crippen MR) is 87.5 cm³/mol. The highest BCUT2D eigenvalue weighted by Gasteiger charge is 2.05. The highest BCUT2D eigenvalue weighted by Crippen LogP contribution is 2.13. The van der Waals surface area contributed by atoms with Crippen LogP contribution in [0, 0.1) is 0 Å². The molecule has 0 amide bonds. The van der Waals surface area contributed by atoms with Crippen molar-refractivity contribution < 1.29 is 19.7 Å². The summed E-state index contributed by atoms with van der Waals surface area (Å²) in [6.07, 6.45) is -0.523. The van der Waals surface area contributed by atoms with E-state index in [4.69, 9.17) is 9.84 Å². The zero-order valence-corrected chi connectivity index (χ0v) is 12.8. The van der Waals surface area contributed by atoms with Gasteiger partial charge in [-0.3, -0.25) is 4.79 Å². The molecule has 0 aliphatic rings. The summed E-state index contributed by atoms with van der Waals surface area (Å²) in [5.41, 5.74) is 1.63. The molecule has 0 saturated carbocycles. The first-order valence-electron chi connectivity index (χ1n) is 7.52. The molecule has 0 bridgehead atoms. The summed E-state index contributed by atoms with van der Waals surface area (Å²) in [7, 11) is 0. The van der Waals surface area contributed by atoms with E-state index in [1.807, 2.05) is 30.3 Å². The maximum absolute atomic E-state index is 10.6. The zero-order valence-electron chi connectivity index (χ0n) is 12.8. The minimum atomic E-state index is -0.847. The molecule has 0 aliphatic heterocycles. The molecule has 2 aromatic rings. The number of aliphatic carboxylic acids is 1. The van der Waals surface area contributed by atoms with Gasteiger partial charge in [0.1, 0.15) is 12.4 Å². The molecular weight excluding hydrogens is 294 g/mol. The van der Waals surface area contributed by atoms with Gasteiger partial charge in [-0.05, 0) is 23.3 Å². The first-order valence-corrected chi connectivity index (χ1v) is 7.52. The Bertz CT molecular complexity index is 598. The highest BCUT2D eigenvalue weighted by molar-refractivity contribution is 5.70. The predicted octanol–water partition coefficient (Wildman–Crippen LogP) is 2.02. The fourth-order valence-electron chi connectivity index (χ4n) is 2.15. The Morgan fingerprint density at radius 1 is 1.09 bits per heavy atom. The van der Waals surface area contributed by atoms with Gasteiger partial charge in [0.05, 0.1) is 12.5 Å². The van der Waals surface area contributed by atoms with Gasteiger partial charge in [0.15, 0.2) is 0 Å². The third-order valence-corrected chi connectivity index (χ3v) is 3.35. The lowest BCUT2D eigenvalue weighted by Crippen LogP contribution is -2.26. The molecule has 2 rings (SSSR count). The molecule has 3 N–H and O–H groups in total. The Morgan fingerprint density at radius 2 is 1.78 bits per heavy atom. The monoisotopic (exact) mass is 315 g/mol. The van der Waals surface area contributed by atoms with Gasteiger partial charge < -0.3 is 20.3 Å². The lowest BCUT2D eigenvalue weighted by atomic mass is 10.1. The van der Waals surface area contributed by atoms with Gasteiger partial charge in [-0.15, -0.1) is 0 Å². The van der Waals surface area contributed by atoms with Crippen molar-refractivity contribution in [3.63, 3.8) is 0 Å². The Balaban J connectivity index is 1.64.